The van der Waals surface area contributed by atoms with E-state index in [4.69, 9.17) is 5.73 Å². The van der Waals surface area contributed by atoms with E-state index < -0.39 is 0 Å². The van der Waals surface area contributed by atoms with Crippen LogP contribution in [0.4, 0.5) is 5.82 Å². The molecule has 5 nitrogen and oxygen atoms in total. The first-order chi connectivity index (χ1) is 8.61. The maximum Gasteiger partial charge on any atom is 0.145 e. The molecule has 2 N–H and O–H groups in total. The third-order valence-electron chi connectivity index (χ3n) is 3.05. The SMILES string of the molecule is CCN(CCCN(C)C)CCCn1ccc(N)n1. The molecule has 1 rings (SSSR count). The molecule has 0 aliphatic carbocycles. The molecule has 0 bridgehead atoms. The molecule has 18 heavy (non-hydrogen) atoms. The average molecular weight is 253 g/mol. The molecule has 0 aliphatic rings. The molecule has 0 aromatic carbocycles. The number of anilines is 1. The van der Waals surface area contributed by atoms with E-state index in [2.05, 4.69) is 35.9 Å². The lowest BCUT2D eigenvalue weighted by Gasteiger charge is -2.21. The number of nitrogens with two attached hydrogens (primary N) is 1. The van der Waals surface area contributed by atoms with E-state index >= 15 is 0 Å². The van der Waals surface area contributed by atoms with E-state index in [0.717, 1.165) is 32.6 Å². The minimum atomic E-state index is 0.605. The molecule has 1 aromatic heterocycles. The lowest BCUT2D eigenvalue weighted by atomic mass is 10.3. The molecule has 1 aromatic rings. The van der Waals surface area contributed by atoms with Gasteiger partial charge in [-0.1, -0.05) is 6.92 Å². The summed E-state index contributed by atoms with van der Waals surface area (Å²) in [5.41, 5.74) is 5.58. The zero-order chi connectivity index (χ0) is 13.4. The Hall–Kier alpha value is -1.07. The minimum Gasteiger partial charge on any atom is -0.382 e. The van der Waals surface area contributed by atoms with Crippen LogP contribution in [0.15, 0.2) is 12.3 Å². The first kappa shape index (κ1) is 15.0. The molecule has 0 fully saturated rings. The minimum absolute atomic E-state index is 0.605. The largest absolute Gasteiger partial charge is 0.382 e. The van der Waals surface area contributed by atoms with Gasteiger partial charge in [-0.15, -0.1) is 0 Å². The fraction of sp³-hybridized carbons (Fsp3) is 0.769. The van der Waals surface area contributed by atoms with E-state index in [9.17, 15) is 0 Å². The second kappa shape index (κ2) is 8.11. The van der Waals surface area contributed by atoms with E-state index in [1.54, 1.807) is 0 Å². The van der Waals surface area contributed by atoms with E-state index in [1.165, 1.54) is 13.0 Å². The summed E-state index contributed by atoms with van der Waals surface area (Å²) in [4.78, 5) is 4.73. The van der Waals surface area contributed by atoms with E-state index in [-0.39, 0.29) is 0 Å². The van der Waals surface area contributed by atoms with Crippen molar-refractivity contribution in [1.29, 1.82) is 0 Å². The molecule has 5 heteroatoms. The maximum atomic E-state index is 5.58. The van der Waals surface area contributed by atoms with E-state index in [1.807, 2.05) is 16.9 Å². The summed E-state index contributed by atoms with van der Waals surface area (Å²) in [6.45, 7) is 7.75. The van der Waals surface area contributed by atoms with Gasteiger partial charge in [-0.3, -0.25) is 4.68 Å². The zero-order valence-electron chi connectivity index (χ0n) is 12.0. The maximum absolute atomic E-state index is 5.58. The number of hydrogen-bond donors (Lipinski definition) is 1. The topological polar surface area (TPSA) is 50.3 Å². The highest BCUT2D eigenvalue weighted by atomic mass is 15.3. The van der Waals surface area contributed by atoms with Crippen LogP contribution in [0, 0.1) is 0 Å². The van der Waals surface area contributed by atoms with Gasteiger partial charge in [0.1, 0.15) is 5.82 Å². The molecule has 0 atom stereocenters. The quantitative estimate of drug-likeness (QED) is 0.717. The summed E-state index contributed by atoms with van der Waals surface area (Å²) in [5, 5.41) is 4.19. The lowest BCUT2D eigenvalue weighted by Crippen LogP contribution is -2.28. The Morgan fingerprint density at radius 2 is 1.94 bits per heavy atom. The number of hydrogen-bond acceptors (Lipinski definition) is 4. The molecule has 0 saturated carbocycles. The van der Waals surface area contributed by atoms with Gasteiger partial charge in [0.25, 0.3) is 0 Å². The number of aryl methyl sites for hydroxylation is 1. The molecule has 0 aliphatic heterocycles. The summed E-state index contributed by atoms with van der Waals surface area (Å²) in [6, 6.07) is 1.84. The molecular weight excluding hydrogens is 226 g/mol. The van der Waals surface area contributed by atoms with Gasteiger partial charge in [0.2, 0.25) is 0 Å². The molecule has 0 unspecified atom stereocenters. The third kappa shape index (κ3) is 6.02. The van der Waals surface area contributed by atoms with Crippen molar-refractivity contribution < 1.29 is 0 Å². The standard InChI is InChI=1S/C13H27N5/c1-4-17(9-5-8-16(2)3)10-6-11-18-12-7-13(14)15-18/h7,12H,4-6,8-11H2,1-3H3,(H2,14,15). The molecule has 0 amide bonds. The normalized spacial score (nSPS) is 11.6. The van der Waals surface area contributed by atoms with Crippen molar-refractivity contribution in [2.75, 3.05) is 46.0 Å². The highest BCUT2D eigenvalue weighted by Crippen LogP contribution is 2.00. The van der Waals surface area contributed by atoms with Crippen molar-refractivity contribution in [3.8, 4) is 0 Å². The third-order valence-corrected chi connectivity index (χ3v) is 3.05. The Bertz CT molecular complexity index is 321. The number of rotatable bonds is 9. The van der Waals surface area contributed by atoms with Crippen LogP contribution >= 0.6 is 0 Å². The van der Waals surface area contributed by atoms with Crippen LogP contribution in [0.5, 0.6) is 0 Å². The van der Waals surface area contributed by atoms with Gasteiger partial charge in [0.15, 0.2) is 0 Å². The Labute approximate surface area is 111 Å². The van der Waals surface area contributed by atoms with Crippen LogP contribution in [0.2, 0.25) is 0 Å². The van der Waals surface area contributed by atoms with Crippen molar-refractivity contribution >= 4 is 5.82 Å². The van der Waals surface area contributed by atoms with Crippen LogP contribution in [-0.4, -0.2) is 59.9 Å². The molecule has 1 heterocycles. The number of nitrogens with zero attached hydrogens (tertiary/aromatic N) is 4. The molecule has 0 radical (unpaired) electrons. The van der Waals surface area contributed by atoms with Gasteiger partial charge in [-0.25, -0.2) is 0 Å². The molecule has 104 valence electrons. The van der Waals surface area contributed by atoms with Gasteiger partial charge in [-0.05, 0) is 59.2 Å². The fourth-order valence-electron chi connectivity index (χ4n) is 2.00. The average Bonchev–Trinajstić information content (AvgIpc) is 2.72. The summed E-state index contributed by atoms with van der Waals surface area (Å²) in [7, 11) is 4.25. The van der Waals surface area contributed by atoms with Crippen LogP contribution in [0.25, 0.3) is 0 Å². The van der Waals surface area contributed by atoms with Gasteiger partial charge >= 0.3 is 0 Å². The zero-order valence-corrected chi connectivity index (χ0v) is 12.0. The Morgan fingerprint density at radius 1 is 1.22 bits per heavy atom. The Kier molecular flexibility index (Phi) is 6.75. The van der Waals surface area contributed by atoms with Gasteiger partial charge in [0.05, 0.1) is 0 Å². The van der Waals surface area contributed by atoms with Gasteiger partial charge in [0, 0.05) is 12.7 Å². The van der Waals surface area contributed by atoms with Crippen molar-refractivity contribution in [1.82, 2.24) is 19.6 Å². The Morgan fingerprint density at radius 3 is 2.50 bits per heavy atom. The summed E-state index contributed by atoms with van der Waals surface area (Å²) in [5.74, 6) is 0.605. The summed E-state index contributed by atoms with van der Waals surface area (Å²) in [6.07, 6.45) is 4.30. The van der Waals surface area contributed by atoms with Gasteiger partial charge in [-0.2, -0.15) is 5.10 Å². The highest BCUT2D eigenvalue weighted by Gasteiger charge is 2.03. The van der Waals surface area contributed by atoms with Crippen molar-refractivity contribution in [3.63, 3.8) is 0 Å². The fourth-order valence-corrected chi connectivity index (χ4v) is 2.00. The predicted molar refractivity (Wildman–Crippen MR) is 76.5 cm³/mol. The number of nitrogen functional groups attached to an aromatic ring is 1. The summed E-state index contributed by atoms with van der Waals surface area (Å²) >= 11 is 0. The van der Waals surface area contributed by atoms with Crippen LogP contribution in [-0.2, 0) is 6.54 Å². The predicted octanol–water partition coefficient (Wildman–Crippen LogP) is 1.13. The van der Waals surface area contributed by atoms with Crippen LogP contribution < -0.4 is 5.73 Å². The second-order valence-electron chi connectivity index (χ2n) is 4.95. The summed E-state index contributed by atoms with van der Waals surface area (Å²) < 4.78 is 1.92. The first-order valence-electron chi connectivity index (χ1n) is 6.78. The second-order valence-corrected chi connectivity index (χ2v) is 4.95. The molecule has 0 saturated heterocycles. The van der Waals surface area contributed by atoms with Crippen molar-refractivity contribution in [2.24, 2.45) is 0 Å². The van der Waals surface area contributed by atoms with Crippen LogP contribution in [0.3, 0.4) is 0 Å². The monoisotopic (exact) mass is 253 g/mol. The number of aromatic nitrogens is 2. The smallest absolute Gasteiger partial charge is 0.145 e. The van der Waals surface area contributed by atoms with Crippen molar-refractivity contribution in [3.05, 3.63) is 12.3 Å². The van der Waals surface area contributed by atoms with Crippen LogP contribution in [0.1, 0.15) is 19.8 Å². The highest BCUT2D eigenvalue weighted by molar-refractivity contribution is 5.23. The molecular formula is C13H27N5. The molecule has 0 spiro atoms. The first-order valence-corrected chi connectivity index (χ1v) is 6.78. The van der Waals surface area contributed by atoms with E-state index in [0.29, 0.717) is 5.82 Å². The van der Waals surface area contributed by atoms with Crippen molar-refractivity contribution in [2.45, 2.75) is 26.3 Å². The Balaban J connectivity index is 2.15. The lowest BCUT2D eigenvalue weighted by molar-refractivity contribution is 0.258. The van der Waals surface area contributed by atoms with Gasteiger partial charge < -0.3 is 15.5 Å².